The third-order valence-corrected chi connectivity index (χ3v) is 6.77. The predicted molar refractivity (Wildman–Crippen MR) is 118 cm³/mol. The lowest BCUT2D eigenvalue weighted by Crippen LogP contribution is -2.38. The van der Waals surface area contributed by atoms with Crippen molar-refractivity contribution in [1.82, 2.24) is 0 Å². The molecule has 34 heavy (non-hydrogen) atoms. The molecule has 2 aliphatic heterocycles. The summed E-state index contributed by atoms with van der Waals surface area (Å²) in [5.41, 5.74) is 2.28. The highest BCUT2D eigenvalue weighted by molar-refractivity contribution is 5.86. The summed E-state index contributed by atoms with van der Waals surface area (Å²) in [4.78, 5) is 26.2. The number of hydrogen-bond acceptors (Lipinski definition) is 9. The maximum Gasteiger partial charge on any atom is 0.313 e. The standard InChI is InChI=1S/C25H26O9/c1-5-31-24(26)21-14-9-17-16(33-11-34-17)8-13(14)20(22-15(21)10-32-25(22)27)12-6-18(28-2)23(30-4)19(7-12)29-3/h6-9,15,20-22H,5,10-11H2,1-4H3/t15-,20+,21-,22+/m1/s1. The Kier molecular flexibility index (Phi) is 5.63. The number of methoxy groups -OCH3 is 3. The summed E-state index contributed by atoms with van der Waals surface area (Å²) in [5.74, 6) is -0.365. The van der Waals surface area contributed by atoms with Gasteiger partial charge in [0.1, 0.15) is 0 Å². The Morgan fingerprint density at radius 3 is 2.18 bits per heavy atom. The van der Waals surface area contributed by atoms with Crippen LogP contribution in [0.3, 0.4) is 0 Å². The van der Waals surface area contributed by atoms with Crippen LogP contribution in [-0.4, -0.2) is 53.3 Å². The molecule has 0 radical (unpaired) electrons. The second-order valence-electron chi connectivity index (χ2n) is 8.32. The molecule has 2 aromatic carbocycles. The van der Waals surface area contributed by atoms with Gasteiger partial charge in [0.25, 0.3) is 0 Å². The van der Waals surface area contributed by atoms with E-state index < -0.39 is 23.7 Å². The smallest absolute Gasteiger partial charge is 0.313 e. The number of benzene rings is 2. The number of rotatable bonds is 6. The zero-order valence-corrected chi connectivity index (χ0v) is 19.4. The molecule has 2 heterocycles. The Hall–Kier alpha value is -3.62. The Morgan fingerprint density at radius 1 is 0.941 bits per heavy atom. The van der Waals surface area contributed by atoms with Gasteiger partial charge in [0, 0.05) is 11.8 Å². The van der Waals surface area contributed by atoms with E-state index in [1.165, 1.54) is 21.3 Å². The molecule has 180 valence electrons. The van der Waals surface area contributed by atoms with Crippen LogP contribution < -0.4 is 23.7 Å². The Labute approximate surface area is 196 Å². The summed E-state index contributed by atoms with van der Waals surface area (Å²) in [7, 11) is 4.61. The van der Waals surface area contributed by atoms with E-state index in [0.29, 0.717) is 28.7 Å². The number of esters is 2. The van der Waals surface area contributed by atoms with E-state index in [1.54, 1.807) is 6.92 Å². The van der Waals surface area contributed by atoms with Gasteiger partial charge in [0.05, 0.1) is 46.4 Å². The lowest BCUT2D eigenvalue weighted by molar-refractivity contribution is -0.147. The summed E-state index contributed by atoms with van der Waals surface area (Å²) in [6.07, 6.45) is 0. The van der Waals surface area contributed by atoms with Crippen molar-refractivity contribution >= 4 is 11.9 Å². The van der Waals surface area contributed by atoms with E-state index in [1.807, 2.05) is 24.3 Å². The van der Waals surface area contributed by atoms with Gasteiger partial charge >= 0.3 is 11.9 Å². The molecule has 0 spiro atoms. The molecular formula is C25H26O9. The molecule has 9 nitrogen and oxygen atoms in total. The van der Waals surface area contributed by atoms with Crippen LogP contribution in [0, 0.1) is 11.8 Å². The van der Waals surface area contributed by atoms with E-state index in [-0.39, 0.29) is 31.9 Å². The lowest BCUT2D eigenvalue weighted by Gasteiger charge is -2.38. The average molecular weight is 470 g/mol. The van der Waals surface area contributed by atoms with E-state index in [9.17, 15) is 9.59 Å². The molecule has 0 aromatic heterocycles. The Bertz CT molecular complexity index is 1120. The first-order valence-corrected chi connectivity index (χ1v) is 11.1. The first-order chi connectivity index (χ1) is 16.5. The van der Waals surface area contributed by atoms with Gasteiger partial charge in [0.2, 0.25) is 12.5 Å². The second-order valence-corrected chi connectivity index (χ2v) is 8.32. The minimum atomic E-state index is -0.667. The first-order valence-electron chi connectivity index (χ1n) is 11.1. The van der Waals surface area contributed by atoms with E-state index >= 15 is 0 Å². The summed E-state index contributed by atoms with van der Waals surface area (Å²) in [5, 5.41) is 0. The van der Waals surface area contributed by atoms with E-state index in [2.05, 4.69) is 0 Å². The SMILES string of the molecule is CCOC(=O)[C@@H]1c2cc3c(cc2[C@H](c2cc(OC)c(OC)c(OC)c2)[C@H]2C(=O)OC[C@@H]21)OCO3. The summed E-state index contributed by atoms with van der Waals surface area (Å²) >= 11 is 0. The van der Waals surface area contributed by atoms with Gasteiger partial charge in [-0.05, 0) is 47.9 Å². The average Bonchev–Trinajstić information content (AvgIpc) is 3.46. The molecule has 3 aliphatic rings. The van der Waals surface area contributed by atoms with Crippen LogP contribution in [0.25, 0.3) is 0 Å². The van der Waals surface area contributed by atoms with Crippen molar-refractivity contribution in [2.45, 2.75) is 18.8 Å². The van der Waals surface area contributed by atoms with Gasteiger partial charge in [0.15, 0.2) is 23.0 Å². The molecular weight excluding hydrogens is 444 g/mol. The minimum Gasteiger partial charge on any atom is -0.493 e. The number of hydrogen-bond donors (Lipinski definition) is 0. The molecule has 0 amide bonds. The van der Waals surface area contributed by atoms with Crippen molar-refractivity contribution in [2.24, 2.45) is 11.8 Å². The molecule has 1 fully saturated rings. The van der Waals surface area contributed by atoms with Gasteiger partial charge < -0.3 is 33.2 Å². The molecule has 2 aromatic rings. The van der Waals surface area contributed by atoms with Gasteiger partial charge in [-0.2, -0.15) is 0 Å². The molecule has 0 N–H and O–H groups in total. The zero-order chi connectivity index (χ0) is 24.0. The monoisotopic (exact) mass is 470 g/mol. The van der Waals surface area contributed by atoms with Crippen LogP contribution in [0.15, 0.2) is 24.3 Å². The second kappa shape index (κ2) is 8.62. The van der Waals surface area contributed by atoms with Gasteiger partial charge in [-0.3, -0.25) is 9.59 Å². The quantitative estimate of drug-likeness (QED) is 0.590. The van der Waals surface area contributed by atoms with Crippen molar-refractivity contribution in [3.05, 3.63) is 41.0 Å². The fraction of sp³-hybridized carbons (Fsp3) is 0.440. The third kappa shape index (κ3) is 3.29. The summed E-state index contributed by atoms with van der Waals surface area (Å²) in [6.45, 7) is 2.21. The number of carbonyl (C=O) groups is 2. The minimum absolute atomic E-state index is 0.0893. The molecule has 1 aliphatic carbocycles. The normalized spacial score (nSPS) is 24.1. The maximum absolute atomic E-state index is 13.1. The molecule has 0 unspecified atom stereocenters. The van der Waals surface area contributed by atoms with E-state index in [4.69, 9.17) is 33.2 Å². The van der Waals surface area contributed by atoms with Crippen molar-refractivity contribution in [3.63, 3.8) is 0 Å². The number of carbonyl (C=O) groups excluding carboxylic acids is 2. The highest BCUT2D eigenvalue weighted by Gasteiger charge is 2.55. The summed E-state index contributed by atoms with van der Waals surface area (Å²) < 4.78 is 38.7. The zero-order valence-electron chi connectivity index (χ0n) is 19.4. The fourth-order valence-corrected chi connectivity index (χ4v) is 5.38. The highest BCUT2D eigenvalue weighted by atomic mass is 16.7. The van der Waals surface area contributed by atoms with Crippen molar-refractivity contribution in [3.8, 4) is 28.7 Å². The number of ether oxygens (including phenoxy) is 7. The largest absolute Gasteiger partial charge is 0.493 e. The van der Waals surface area contributed by atoms with Gasteiger partial charge in [-0.15, -0.1) is 0 Å². The molecule has 0 saturated carbocycles. The molecule has 0 bridgehead atoms. The molecule has 1 saturated heterocycles. The van der Waals surface area contributed by atoms with E-state index in [0.717, 1.165) is 16.7 Å². The van der Waals surface area contributed by atoms with Crippen LogP contribution in [-0.2, 0) is 19.1 Å². The Balaban J connectivity index is 1.75. The third-order valence-electron chi connectivity index (χ3n) is 6.77. The van der Waals surface area contributed by atoms with Crippen LogP contribution in [0.1, 0.15) is 35.4 Å². The highest BCUT2D eigenvalue weighted by Crippen LogP contribution is 2.56. The van der Waals surface area contributed by atoms with Gasteiger partial charge in [-0.1, -0.05) is 0 Å². The van der Waals surface area contributed by atoms with Gasteiger partial charge in [-0.25, -0.2) is 0 Å². The van der Waals surface area contributed by atoms with Crippen LogP contribution in [0.5, 0.6) is 28.7 Å². The fourth-order valence-electron chi connectivity index (χ4n) is 5.38. The van der Waals surface area contributed by atoms with Crippen LogP contribution in [0.4, 0.5) is 0 Å². The maximum atomic E-state index is 13.1. The van der Waals surface area contributed by atoms with Crippen LogP contribution >= 0.6 is 0 Å². The number of fused-ring (bicyclic) bond motifs is 3. The molecule has 5 rings (SSSR count). The summed E-state index contributed by atoms with van der Waals surface area (Å²) in [6, 6.07) is 7.32. The predicted octanol–water partition coefficient (Wildman–Crippen LogP) is 3.02. The van der Waals surface area contributed by atoms with Crippen molar-refractivity contribution in [2.75, 3.05) is 41.3 Å². The lowest BCUT2D eigenvalue weighted by atomic mass is 9.63. The molecule has 4 atom stereocenters. The van der Waals surface area contributed by atoms with Crippen molar-refractivity contribution in [1.29, 1.82) is 0 Å². The Morgan fingerprint density at radius 2 is 1.59 bits per heavy atom. The van der Waals surface area contributed by atoms with Crippen molar-refractivity contribution < 1.29 is 42.7 Å². The number of cyclic esters (lactones) is 1. The molecule has 9 heteroatoms. The van der Waals surface area contributed by atoms with Crippen LogP contribution in [0.2, 0.25) is 0 Å². The topological polar surface area (TPSA) is 98.8 Å². The first kappa shape index (κ1) is 22.2.